The Bertz CT molecular complexity index is 1140. The van der Waals surface area contributed by atoms with Crippen LogP contribution in [0.3, 0.4) is 0 Å². The van der Waals surface area contributed by atoms with Gasteiger partial charge in [0, 0.05) is 0 Å². The minimum Gasteiger partial charge on any atom is -0.469 e. The monoisotopic (exact) mass is 692 g/mol. The first-order valence-electron chi connectivity index (χ1n) is 14.4. The molecule has 2 rings (SSSR count). The van der Waals surface area contributed by atoms with Gasteiger partial charge in [0.05, 0.1) is 58.3 Å². The van der Waals surface area contributed by atoms with Crippen LogP contribution in [-0.2, 0) is 46.2 Å². The van der Waals surface area contributed by atoms with E-state index in [9.17, 15) is 14.7 Å². The molecule has 0 aliphatic heterocycles. The summed E-state index contributed by atoms with van der Waals surface area (Å²) < 4.78 is 26.3. The predicted molar refractivity (Wildman–Crippen MR) is 180 cm³/mol. The highest BCUT2D eigenvalue weighted by molar-refractivity contribution is 9.10. The highest BCUT2D eigenvalue weighted by Gasteiger charge is 2.44. The Morgan fingerprint density at radius 3 is 1.77 bits per heavy atom. The van der Waals surface area contributed by atoms with Gasteiger partial charge in [-0.2, -0.15) is 0 Å². The second-order valence-electron chi connectivity index (χ2n) is 11.3. The standard InChI is InChI=1S/C18H27BrO4Si.C16H22O4/c1-6-12-24(4,5)23-16(18(2,19)17(20)21-3)14-22-13-15-10-8-7-9-11-15;1-4-10-16(2,15(18)19-3)14(17)12-20-11-13-8-6-5-7-9-13/h6-11,16H,1,12-14H2,2-5H3;4-9,14,17H,1,10-12H2,2-3H3/t16-,18?;14-,16+/m11/s1. The number of methoxy groups -OCH3 is 2. The molecule has 10 heteroatoms. The molecule has 1 N–H and O–H groups in total. The fourth-order valence-corrected chi connectivity index (χ4v) is 6.63. The minimum atomic E-state index is -2.00. The van der Waals surface area contributed by atoms with E-state index >= 15 is 0 Å². The van der Waals surface area contributed by atoms with E-state index in [2.05, 4.69) is 42.2 Å². The number of ether oxygens (including phenoxy) is 4. The Kier molecular flexibility index (Phi) is 17.7. The molecule has 0 radical (unpaired) electrons. The third kappa shape index (κ3) is 13.2. The van der Waals surface area contributed by atoms with Gasteiger partial charge >= 0.3 is 11.9 Å². The number of rotatable bonds is 18. The molecule has 0 aliphatic carbocycles. The van der Waals surface area contributed by atoms with Crippen LogP contribution in [0.5, 0.6) is 0 Å². The summed E-state index contributed by atoms with van der Waals surface area (Å²) in [5.41, 5.74) is 1.06. The average Bonchev–Trinajstić information content (AvgIpc) is 3.00. The number of alkyl halides is 1. The van der Waals surface area contributed by atoms with E-state index in [0.717, 1.165) is 17.2 Å². The van der Waals surface area contributed by atoms with E-state index in [-0.39, 0.29) is 12.6 Å². The number of aliphatic hydroxyl groups excluding tert-OH is 1. The van der Waals surface area contributed by atoms with Crippen LogP contribution in [-0.4, -0.2) is 69.3 Å². The second kappa shape index (κ2) is 19.7. The Hall–Kier alpha value is -2.60. The van der Waals surface area contributed by atoms with Crippen LogP contribution in [0.2, 0.25) is 19.1 Å². The number of halogens is 1. The third-order valence-corrected chi connectivity index (χ3v) is 10.0. The fourth-order valence-electron chi connectivity index (χ4n) is 4.21. The molecule has 0 saturated heterocycles. The topological polar surface area (TPSA) is 101 Å². The van der Waals surface area contributed by atoms with Crippen molar-refractivity contribution in [3.05, 3.63) is 97.1 Å². The van der Waals surface area contributed by atoms with Gasteiger partial charge in [0.15, 0.2) is 8.32 Å². The van der Waals surface area contributed by atoms with Gasteiger partial charge in [-0.1, -0.05) is 88.7 Å². The number of hydrogen-bond donors (Lipinski definition) is 1. The summed E-state index contributed by atoms with van der Waals surface area (Å²) in [5, 5.41) is 10.2. The molecule has 0 heterocycles. The quantitative estimate of drug-likeness (QED) is 0.0805. The highest BCUT2D eigenvalue weighted by Crippen LogP contribution is 2.31. The fraction of sp³-hybridized carbons (Fsp3) is 0.471. The predicted octanol–water partition coefficient (Wildman–Crippen LogP) is 6.63. The van der Waals surface area contributed by atoms with Gasteiger partial charge in [-0.3, -0.25) is 9.59 Å². The maximum Gasteiger partial charge on any atom is 0.325 e. The molecule has 44 heavy (non-hydrogen) atoms. The molecule has 8 nitrogen and oxygen atoms in total. The normalized spacial score (nSPS) is 15.3. The Balaban J connectivity index is 0.000000447. The van der Waals surface area contributed by atoms with Crippen LogP contribution < -0.4 is 0 Å². The van der Waals surface area contributed by atoms with Gasteiger partial charge in [-0.05, 0) is 50.5 Å². The van der Waals surface area contributed by atoms with Crippen molar-refractivity contribution in [1.82, 2.24) is 0 Å². The van der Waals surface area contributed by atoms with Crippen molar-refractivity contribution in [3.63, 3.8) is 0 Å². The van der Waals surface area contributed by atoms with Crippen LogP contribution in [0, 0.1) is 5.41 Å². The molecule has 0 aliphatic rings. The lowest BCUT2D eigenvalue weighted by Gasteiger charge is -2.35. The highest BCUT2D eigenvalue weighted by atomic mass is 79.9. The van der Waals surface area contributed by atoms with Crippen molar-refractivity contribution < 1.29 is 38.1 Å². The van der Waals surface area contributed by atoms with E-state index in [1.165, 1.54) is 14.2 Å². The maximum atomic E-state index is 12.1. The molecular weight excluding hydrogens is 644 g/mol. The summed E-state index contributed by atoms with van der Waals surface area (Å²) in [4.78, 5) is 24.0. The molecule has 244 valence electrons. The summed E-state index contributed by atoms with van der Waals surface area (Å²) in [5.74, 6) is -0.840. The van der Waals surface area contributed by atoms with Gasteiger partial charge in [0.2, 0.25) is 0 Å². The van der Waals surface area contributed by atoms with Crippen molar-refractivity contribution in [2.45, 2.75) is 69.2 Å². The summed E-state index contributed by atoms with van der Waals surface area (Å²) >= 11 is 3.48. The van der Waals surface area contributed by atoms with Crippen LogP contribution in [0.25, 0.3) is 0 Å². The Morgan fingerprint density at radius 1 is 0.864 bits per heavy atom. The third-order valence-electron chi connectivity index (χ3n) is 7.01. The minimum absolute atomic E-state index is 0.0638. The molecule has 4 atom stereocenters. The molecule has 0 saturated carbocycles. The Labute approximate surface area is 272 Å². The SMILES string of the molecule is C=CC[C@](C)(C(=O)OC)[C@H](O)COCc1ccccc1.C=CC[Si](C)(C)O[C@H](COCc1ccccc1)C(C)(Br)C(=O)OC. The van der Waals surface area contributed by atoms with Crippen molar-refractivity contribution in [2.24, 2.45) is 5.41 Å². The second-order valence-corrected chi connectivity index (χ2v) is 17.2. The van der Waals surface area contributed by atoms with Crippen LogP contribution >= 0.6 is 15.9 Å². The molecular formula is C34H49BrO8Si. The van der Waals surface area contributed by atoms with Crippen molar-refractivity contribution >= 4 is 36.2 Å². The first-order valence-corrected chi connectivity index (χ1v) is 18.3. The first-order chi connectivity index (χ1) is 20.8. The number of carbonyl (C=O) groups is 2. The zero-order chi connectivity index (χ0) is 33.2. The molecule has 0 fully saturated rings. The average molecular weight is 694 g/mol. The maximum absolute atomic E-state index is 12.1. The number of allylic oxidation sites excluding steroid dienone is 2. The largest absolute Gasteiger partial charge is 0.469 e. The molecule has 2 aromatic rings. The number of carbonyl (C=O) groups excluding carboxylic acids is 2. The number of benzene rings is 2. The lowest BCUT2D eigenvalue weighted by Crippen LogP contribution is -2.51. The molecule has 2 aromatic carbocycles. The van der Waals surface area contributed by atoms with Crippen LogP contribution in [0.15, 0.2) is 86.0 Å². The van der Waals surface area contributed by atoms with Gasteiger partial charge in [0.1, 0.15) is 4.32 Å². The van der Waals surface area contributed by atoms with E-state index < -0.39 is 36.2 Å². The molecule has 0 bridgehead atoms. The van der Waals surface area contributed by atoms with Gasteiger partial charge in [0.25, 0.3) is 0 Å². The molecule has 1 unspecified atom stereocenters. The summed E-state index contributed by atoms with van der Waals surface area (Å²) in [6.07, 6.45) is 2.39. The van der Waals surface area contributed by atoms with Crippen molar-refractivity contribution in [2.75, 3.05) is 27.4 Å². The molecule has 0 spiro atoms. The molecule has 0 aromatic heterocycles. The Morgan fingerprint density at radius 2 is 1.34 bits per heavy atom. The van der Waals surface area contributed by atoms with E-state index in [1.54, 1.807) is 19.9 Å². The number of aliphatic hydroxyl groups is 1. The van der Waals surface area contributed by atoms with E-state index in [0.29, 0.717) is 26.2 Å². The number of esters is 2. The van der Waals surface area contributed by atoms with Crippen LogP contribution in [0.1, 0.15) is 31.4 Å². The van der Waals surface area contributed by atoms with Crippen molar-refractivity contribution in [1.29, 1.82) is 0 Å². The summed E-state index contributed by atoms with van der Waals surface area (Å²) in [6.45, 7) is 16.2. The van der Waals surface area contributed by atoms with Crippen molar-refractivity contribution in [3.8, 4) is 0 Å². The lowest BCUT2D eigenvalue weighted by atomic mass is 9.81. The van der Waals surface area contributed by atoms with E-state index in [1.807, 2.05) is 66.7 Å². The van der Waals surface area contributed by atoms with Gasteiger partial charge in [-0.15, -0.1) is 13.2 Å². The van der Waals surface area contributed by atoms with Gasteiger partial charge < -0.3 is 28.5 Å². The van der Waals surface area contributed by atoms with Gasteiger partial charge in [-0.25, -0.2) is 0 Å². The number of hydrogen-bond acceptors (Lipinski definition) is 8. The zero-order valence-corrected chi connectivity index (χ0v) is 29.5. The van der Waals surface area contributed by atoms with Crippen LogP contribution in [0.4, 0.5) is 0 Å². The molecule has 0 amide bonds. The lowest BCUT2D eigenvalue weighted by molar-refractivity contribution is -0.161. The first kappa shape index (κ1) is 39.4. The summed E-state index contributed by atoms with van der Waals surface area (Å²) in [7, 11) is 0.678. The zero-order valence-electron chi connectivity index (χ0n) is 26.9. The van der Waals surface area contributed by atoms with E-state index in [4.69, 9.17) is 23.4 Å². The smallest absolute Gasteiger partial charge is 0.325 e. The summed E-state index contributed by atoms with van der Waals surface area (Å²) in [6, 6.07) is 20.3.